The molecule has 1 N–H and O–H groups in total. The molecule has 0 aliphatic rings. The molecule has 0 saturated heterocycles. The number of aryl methyl sites for hydroxylation is 1. The first-order valence-corrected chi connectivity index (χ1v) is 8.25. The van der Waals surface area contributed by atoms with E-state index in [-0.39, 0.29) is 12.4 Å². The fourth-order valence-electron chi connectivity index (χ4n) is 2.28. The number of esters is 1. The highest BCUT2D eigenvalue weighted by molar-refractivity contribution is 6.33. The summed E-state index contributed by atoms with van der Waals surface area (Å²) < 4.78 is 10.6. The highest BCUT2D eigenvalue weighted by Gasteiger charge is 2.12. The van der Waals surface area contributed by atoms with Crippen LogP contribution in [0.1, 0.15) is 24.5 Å². The van der Waals surface area contributed by atoms with Crippen LogP contribution in [0.2, 0.25) is 0 Å². The number of carboxylic acid groups (broad SMARTS) is 1. The third-order valence-corrected chi connectivity index (χ3v) is 3.61. The largest absolute Gasteiger partial charge is 0.475 e. The molecule has 0 heterocycles. The zero-order chi connectivity index (χ0) is 18.9. The summed E-state index contributed by atoms with van der Waals surface area (Å²) in [6, 6.07) is 14.1. The van der Waals surface area contributed by atoms with Crippen LogP contribution in [0.5, 0.6) is 11.5 Å². The lowest BCUT2D eigenvalue weighted by atomic mass is 10.1. The summed E-state index contributed by atoms with van der Waals surface area (Å²) in [4.78, 5) is 33.1. The van der Waals surface area contributed by atoms with Gasteiger partial charge in [-0.3, -0.25) is 9.59 Å². The first-order chi connectivity index (χ1) is 12.5. The van der Waals surface area contributed by atoms with E-state index in [1.165, 1.54) is 0 Å². The van der Waals surface area contributed by atoms with Gasteiger partial charge in [-0.1, -0.05) is 24.3 Å². The van der Waals surface area contributed by atoms with E-state index >= 15 is 0 Å². The fraction of sp³-hybridized carbons (Fsp3) is 0.250. The third-order valence-electron chi connectivity index (χ3n) is 3.61. The van der Waals surface area contributed by atoms with Crippen molar-refractivity contribution in [2.75, 3.05) is 6.61 Å². The minimum absolute atomic E-state index is 0.148. The number of benzene rings is 2. The van der Waals surface area contributed by atoms with E-state index in [1.54, 1.807) is 31.2 Å². The third kappa shape index (κ3) is 6.05. The maximum absolute atomic E-state index is 11.4. The molecule has 0 aromatic heterocycles. The lowest BCUT2D eigenvalue weighted by Crippen LogP contribution is -2.14. The highest BCUT2D eigenvalue weighted by Crippen LogP contribution is 2.22. The molecule has 0 aliphatic carbocycles. The number of carbonyl (C=O) groups excluding carboxylic acids is 2. The molecule has 6 nitrogen and oxygen atoms in total. The van der Waals surface area contributed by atoms with Crippen LogP contribution in [0.25, 0.3) is 0 Å². The number of hydrogen-bond acceptors (Lipinski definition) is 5. The van der Waals surface area contributed by atoms with E-state index in [2.05, 4.69) is 0 Å². The topological polar surface area (TPSA) is 89.9 Å². The van der Waals surface area contributed by atoms with Crippen LogP contribution < -0.4 is 4.74 Å². The number of carbonyl (C=O) groups is 3. The lowest BCUT2D eigenvalue weighted by Gasteiger charge is -2.08. The van der Waals surface area contributed by atoms with E-state index in [1.807, 2.05) is 24.3 Å². The van der Waals surface area contributed by atoms with Crippen molar-refractivity contribution < 1.29 is 29.0 Å². The molecule has 0 amide bonds. The van der Waals surface area contributed by atoms with Crippen LogP contribution in [0.4, 0.5) is 0 Å². The van der Waals surface area contributed by atoms with Crippen molar-refractivity contribution in [3.8, 4) is 11.5 Å². The molecule has 2 aromatic carbocycles. The molecule has 6 heteroatoms. The number of ether oxygens (including phenoxy) is 2. The Hall–Kier alpha value is -3.15. The van der Waals surface area contributed by atoms with Crippen LogP contribution in [0.15, 0.2) is 48.5 Å². The maximum Gasteiger partial charge on any atom is 0.372 e. The molecule has 136 valence electrons. The van der Waals surface area contributed by atoms with Crippen molar-refractivity contribution >= 4 is 17.7 Å². The molecule has 2 rings (SSSR count). The van der Waals surface area contributed by atoms with Crippen LogP contribution >= 0.6 is 0 Å². The van der Waals surface area contributed by atoms with Gasteiger partial charge in [-0.25, -0.2) is 4.79 Å². The summed E-state index contributed by atoms with van der Waals surface area (Å²) in [7, 11) is 0. The van der Waals surface area contributed by atoms with Gasteiger partial charge in [0.05, 0.1) is 6.61 Å². The molecular weight excluding hydrogens is 336 g/mol. The summed E-state index contributed by atoms with van der Waals surface area (Å²) in [5.74, 6) is -1.28. The molecule has 0 aliphatic heterocycles. The van der Waals surface area contributed by atoms with Gasteiger partial charge in [-0.05, 0) is 48.7 Å². The Balaban J connectivity index is 1.89. The van der Waals surface area contributed by atoms with Crippen LogP contribution in [0.3, 0.4) is 0 Å². The summed E-state index contributed by atoms with van der Waals surface area (Å²) >= 11 is 0. The highest BCUT2D eigenvalue weighted by atomic mass is 16.5. The molecule has 0 saturated carbocycles. The molecule has 0 spiro atoms. The van der Waals surface area contributed by atoms with Gasteiger partial charge in [0.1, 0.15) is 11.5 Å². The van der Waals surface area contributed by atoms with E-state index in [0.29, 0.717) is 36.5 Å². The second kappa shape index (κ2) is 9.36. The number of ketones is 1. The Morgan fingerprint density at radius 2 is 1.42 bits per heavy atom. The Bertz CT molecular complexity index is 762. The van der Waals surface area contributed by atoms with Gasteiger partial charge in [-0.2, -0.15) is 0 Å². The Morgan fingerprint density at radius 3 is 1.92 bits per heavy atom. The Labute approximate surface area is 151 Å². The van der Waals surface area contributed by atoms with Gasteiger partial charge in [0.15, 0.2) is 0 Å². The summed E-state index contributed by atoms with van der Waals surface area (Å²) in [5.41, 5.74) is 1.62. The SMILES string of the molecule is CCOC(=O)CCc1ccc(Oc2ccc(CC(=O)C(=O)O)cc2)cc1. The first kappa shape index (κ1) is 19.2. The normalized spacial score (nSPS) is 10.2. The monoisotopic (exact) mass is 356 g/mol. The van der Waals surface area contributed by atoms with Gasteiger partial charge >= 0.3 is 11.9 Å². The van der Waals surface area contributed by atoms with Gasteiger partial charge < -0.3 is 14.6 Å². The number of aliphatic carboxylic acids is 1. The van der Waals surface area contributed by atoms with Crippen molar-refractivity contribution in [1.82, 2.24) is 0 Å². The molecule has 0 atom stereocenters. The average molecular weight is 356 g/mol. The van der Waals surface area contributed by atoms with Crippen molar-refractivity contribution in [1.29, 1.82) is 0 Å². The number of rotatable bonds is 9. The molecular formula is C20H20O6. The summed E-state index contributed by atoms with van der Waals surface area (Å²) in [5, 5.41) is 8.61. The maximum atomic E-state index is 11.4. The zero-order valence-corrected chi connectivity index (χ0v) is 14.4. The quantitative estimate of drug-likeness (QED) is 0.548. The predicted octanol–water partition coefficient (Wildman–Crippen LogP) is 3.17. The van der Waals surface area contributed by atoms with Crippen LogP contribution in [-0.4, -0.2) is 29.4 Å². The number of hydrogen-bond donors (Lipinski definition) is 1. The van der Waals surface area contributed by atoms with E-state index < -0.39 is 11.8 Å². The van der Waals surface area contributed by atoms with Crippen LogP contribution in [0, 0.1) is 0 Å². The first-order valence-electron chi connectivity index (χ1n) is 8.25. The fourth-order valence-corrected chi connectivity index (χ4v) is 2.28. The standard InChI is InChI=1S/C20H20O6/c1-2-25-19(22)12-7-14-3-8-16(9-4-14)26-17-10-5-15(6-11-17)13-18(21)20(23)24/h3-6,8-11H,2,7,12-13H2,1H3,(H,23,24). The van der Waals surface area contributed by atoms with Gasteiger partial charge in [0, 0.05) is 12.8 Å². The molecule has 0 radical (unpaired) electrons. The number of carboxylic acids is 1. The van der Waals surface area contributed by atoms with Crippen molar-refractivity contribution in [3.63, 3.8) is 0 Å². The minimum Gasteiger partial charge on any atom is -0.475 e. The smallest absolute Gasteiger partial charge is 0.372 e. The Kier molecular flexibility index (Phi) is 6.91. The average Bonchev–Trinajstić information content (AvgIpc) is 2.63. The van der Waals surface area contributed by atoms with E-state index in [4.69, 9.17) is 14.6 Å². The molecule has 2 aromatic rings. The second-order valence-corrected chi connectivity index (χ2v) is 5.60. The summed E-state index contributed by atoms with van der Waals surface area (Å²) in [6.45, 7) is 2.16. The number of Topliss-reactive ketones (excluding diaryl/α,β-unsaturated/α-hetero) is 1. The molecule has 0 unspecified atom stereocenters. The Morgan fingerprint density at radius 1 is 0.885 bits per heavy atom. The zero-order valence-electron chi connectivity index (χ0n) is 14.4. The minimum atomic E-state index is -1.44. The predicted molar refractivity (Wildman–Crippen MR) is 94.3 cm³/mol. The molecule has 26 heavy (non-hydrogen) atoms. The second-order valence-electron chi connectivity index (χ2n) is 5.60. The summed E-state index contributed by atoms with van der Waals surface area (Å²) in [6.07, 6.45) is 0.792. The van der Waals surface area contributed by atoms with Crippen molar-refractivity contribution in [2.45, 2.75) is 26.2 Å². The van der Waals surface area contributed by atoms with Gasteiger partial charge in [0.25, 0.3) is 0 Å². The van der Waals surface area contributed by atoms with E-state index in [9.17, 15) is 14.4 Å². The van der Waals surface area contributed by atoms with Gasteiger partial charge in [0.2, 0.25) is 5.78 Å². The lowest BCUT2D eigenvalue weighted by molar-refractivity contribution is -0.148. The molecule has 0 bridgehead atoms. The van der Waals surface area contributed by atoms with E-state index in [0.717, 1.165) is 5.56 Å². The van der Waals surface area contributed by atoms with Gasteiger partial charge in [-0.15, -0.1) is 0 Å². The van der Waals surface area contributed by atoms with Crippen molar-refractivity contribution in [2.24, 2.45) is 0 Å². The van der Waals surface area contributed by atoms with Crippen LogP contribution in [-0.2, 0) is 32.0 Å². The molecule has 0 fully saturated rings. The van der Waals surface area contributed by atoms with Crippen molar-refractivity contribution in [3.05, 3.63) is 59.7 Å².